The lowest BCUT2D eigenvalue weighted by Gasteiger charge is -1.99. The molecule has 36 heavy (non-hydrogen) atoms. The van der Waals surface area contributed by atoms with Gasteiger partial charge in [-0.1, -0.05) is 71.8 Å². The molecule has 0 saturated carbocycles. The van der Waals surface area contributed by atoms with Gasteiger partial charge in [-0.15, -0.1) is 0 Å². The molecule has 2 aliphatic heterocycles. The summed E-state index contributed by atoms with van der Waals surface area (Å²) in [6, 6.07) is 38.0. The minimum Gasteiger partial charge on any atom is -0.175 e. The normalized spacial score (nSPS) is 12.5. The summed E-state index contributed by atoms with van der Waals surface area (Å²) in [5.41, 5.74) is 6.81. The van der Waals surface area contributed by atoms with Gasteiger partial charge in [0.1, 0.15) is 11.4 Å². The molecule has 0 fully saturated rings. The summed E-state index contributed by atoms with van der Waals surface area (Å²) in [4.78, 5) is 3.98. The van der Waals surface area contributed by atoms with Crippen molar-refractivity contribution in [3.8, 4) is 32.5 Å². The first-order valence-corrected chi connectivity index (χ1v) is 13.4. The molecule has 0 bridgehead atoms. The smallest absolute Gasteiger partial charge is 0.175 e. The van der Waals surface area contributed by atoms with Crippen LogP contribution in [0.3, 0.4) is 0 Å². The van der Waals surface area contributed by atoms with Crippen LogP contribution in [0.4, 0.5) is 0 Å². The molecular formula is C30H24N4S2+2. The van der Waals surface area contributed by atoms with Crippen molar-refractivity contribution < 1.29 is 9.13 Å². The van der Waals surface area contributed by atoms with E-state index in [0.717, 1.165) is 42.1 Å². The van der Waals surface area contributed by atoms with Crippen molar-refractivity contribution in [3.63, 3.8) is 0 Å². The number of fused-ring (bicyclic) bond motifs is 2. The number of benzene rings is 2. The molecule has 0 spiro atoms. The number of nitrogens with zero attached hydrogens (tertiary/aromatic N) is 4. The van der Waals surface area contributed by atoms with E-state index in [4.69, 9.17) is 10.2 Å². The van der Waals surface area contributed by atoms with Gasteiger partial charge < -0.3 is 0 Å². The van der Waals surface area contributed by atoms with Gasteiger partial charge in [-0.3, -0.25) is 0 Å². The predicted octanol–water partition coefficient (Wildman–Crippen LogP) is 5.61. The van der Waals surface area contributed by atoms with Crippen molar-refractivity contribution in [2.45, 2.75) is 13.8 Å². The molecule has 0 amide bonds. The zero-order chi connectivity index (χ0) is 24.5. The summed E-state index contributed by atoms with van der Waals surface area (Å²) in [5.74, 6) is 0. The van der Waals surface area contributed by atoms with E-state index in [1.165, 1.54) is 11.1 Å². The monoisotopic (exact) mass is 504 g/mol. The van der Waals surface area contributed by atoms with Crippen molar-refractivity contribution in [1.82, 2.24) is 0 Å². The Bertz CT molecular complexity index is 1610. The molecule has 0 unspecified atom stereocenters. The van der Waals surface area contributed by atoms with E-state index in [-0.39, 0.29) is 0 Å². The van der Waals surface area contributed by atoms with E-state index in [2.05, 4.69) is 132 Å². The Labute approximate surface area is 217 Å². The Hall–Kier alpha value is -4.00. The number of hydrogen-bond acceptors (Lipinski definition) is 4. The summed E-state index contributed by atoms with van der Waals surface area (Å²) >= 11 is 3.28. The maximum Gasteiger partial charge on any atom is 0.440 e. The van der Waals surface area contributed by atoms with E-state index < -0.39 is 0 Å². The van der Waals surface area contributed by atoms with Crippen LogP contribution in [0.1, 0.15) is 11.1 Å². The van der Waals surface area contributed by atoms with E-state index in [9.17, 15) is 0 Å². The number of thiazole rings is 2. The van der Waals surface area contributed by atoms with E-state index in [1.807, 2.05) is 0 Å². The van der Waals surface area contributed by atoms with Crippen LogP contribution in [0.5, 0.6) is 0 Å². The van der Waals surface area contributed by atoms with Crippen molar-refractivity contribution >= 4 is 22.7 Å². The van der Waals surface area contributed by atoms with Gasteiger partial charge >= 0.3 is 9.60 Å². The van der Waals surface area contributed by atoms with E-state index in [0.29, 0.717) is 0 Å². The fraction of sp³-hybridized carbons (Fsp3) is 0.0667. The number of rotatable bonds is 3. The summed E-state index contributed by atoms with van der Waals surface area (Å²) < 4.78 is 4.37. The van der Waals surface area contributed by atoms with Crippen LogP contribution in [-0.4, -0.2) is 0 Å². The first-order valence-electron chi connectivity index (χ1n) is 11.8. The largest absolute Gasteiger partial charge is 0.440 e. The van der Waals surface area contributed by atoms with Crippen molar-refractivity contribution in [1.29, 1.82) is 0 Å². The Morgan fingerprint density at radius 3 is 1.28 bits per heavy atom. The summed E-state index contributed by atoms with van der Waals surface area (Å²) in [6.07, 6.45) is 0. The third-order valence-corrected chi connectivity index (χ3v) is 8.05. The molecule has 4 nitrogen and oxygen atoms in total. The highest BCUT2D eigenvalue weighted by atomic mass is 32.1. The summed E-state index contributed by atoms with van der Waals surface area (Å²) in [6.45, 7) is 4.21. The van der Waals surface area contributed by atoms with Gasteiger partial charge in [0.25, 0.3) is 0 Å². The van der Waals surface area contributed by atoms with Crippen molar-refractivity contribution in [3.05, 3.63) is 130 Å². The average Bonchev–Trinajstić information content (AvgIpc) is 3.18. The van der Waals surface area contributed by atoms with Gasteiger partial charge in [0, 0.05) is 0 Å². The first-order chi connectivity index (χ1) is 17.7. The van der Waals surface area contributed by atoms with Gasteiger partial charge in [-0.2, -0.15) is 9.13 Å². The zero-order valence-electron chi connectivity index (χ0n) is 20.0. The van der Waals surface area contributed by atoms with Gasteiger partial charge in [-0.05, 0) is 85.1 Å². The van der Waals surface area contributed by atoms with Crippen LogP contribution in [0.25, 0.3) is 32.5 Å². The quantitative estimate of drug-likeness (QED) is 0.222. The molecule has 2 heterocycles. The lowest BCUT2D eigenvalue weighted by atomic mass is 10.2. The van der Waals surface area contributed by atoms with Crippen molar-refractivity contribution in [2.75, 3.05) is 0 Å². The molecular weight excluding hydrogens is 480 g/mol. The average molecular weight is 505 g/mol. The first kappa shape index (κ1) is 22.5. The standard InChI is InChI=1S/C30H24N4S2/c1-21-13-17-23(18-14-21)33-25-9-5-3-7-11-27(25)35-29(33)31-32-30-34(24-19-15-22(2)16-20-24)26-10-6-4-8-12-28(26)36-30/h3-20H,1-2H3/q+2/b31-29-,32-30+. The molecule has 2 aromatic rings. The molecule has 0 radical (unpaired) electrons. The fourth-order valence-electron chi connectivity index (χ4n) is 4.18. The number of hydrogen-bond donors (Lipinski definition) is 0. The van der Waals surface area contributed by atoms with Crippen LogP contribution in [0, 0.1) is 13.8 Å². The molecule has 6 heteroatoms. The molecule has 0 saturated heterocycles. The molecule has 2 aliphatic carbocycles. The Kier molecular flexibility index (Phi) is 5.97. The van der Waals surface area contributed by atoms with Gasteiger partial charge in [0.2, 0.25) is 10.2 Å². The Morgan fingerprint density at radius 1 is 0.472 bits per heavy atom. The van der Waals surface area contributed by atoms with Gasteiger partial charge in [0.05, 0.1) is 9.75 Å². The molecule has 0 aromatic heterocycles. The maximum absolute atomic E-state index is 4.84. The van der Waals surface area contributed by atoms with Gasteiger partial charge in [0.15, 0.2) is 11.4 Å². The van der Waals surface area contributed by atoms with Crippen LogP contribution in [0.2, 0.25) is 0 Å². The van der Waals surface area contributed by atoms with Gasteiger partial charge in [-0.25, -0.2) is 0 Å². The van der Waals surface area contributed by atoms with Crippen LogP contribution in [-0.2, 0) is 0 Å². The lowest BCUT2D eigenvalue weighted by molar-refractivity contribution is -0.598. The van der Waals surface area contributed by atoms with E-state index in [1.54, 1.807) is 22.7 Å². The van der Waals surface area contributed by atoms with Crippen LogP contribution >= 0.6 is 22.7 Å². The number of aromatic nitrogens is 2. The summed E-state index contributed by atoms with van der Waals surface area (Å²) in [5, 5.41) is 9.69. The fourth-order valence-corrected chi connectivity index (χ4v) is 6.15. The third kappa shape index (κ3) is 4.26. The Balaban J connectivity index is 1.63. The Morgan fingerprint density at radius 2 is 0.861 bits per heavy atom. The molecule has 0 atom stereocenters. The highest BCUT2D eigenvalue weighted by molar-refractivity contribution is 7.13. The topological polar surface area (TPSA) is 32.5 Å². The second-order valence-electron chi connectivity index (χ2n) is 8.63. The molecule has 6 rings (SSSR count). The SMILES string of the molecule is Cc1ccc(-[n+]2c3cccccc-3s/c2=N\N=c2\sc3cccccc-3[n+]2-c2ccc(C)cc2)cc1. The molecule has 4 aliphatic rings. The predicted molar refractivity (Wildman–Crippen MR) is 146 cm³/mol. The van der Waals surface area contributed by atoms with Crippen LogP contribution in [0.15, 0.2) is 119 Å². The summed E-state index contributed by atoms with van der Waals surface area (Å²) in [7, 11) is 0. The minimum atomic E-state index is 0.832. The molecule has 174 valence electrons. The highest BCUT2D eigenvalue weighted by Crippen LogP contribution is 2.22. The van der Waals surface area contributed by atoms with E-state index >= 15 is 0 Å². The second kappa shape index (κ2) is 9.57. The maximum atomic E-state index is 4.84. The molecule has 2 aromatic carbocycles. The zero-order valence-corrected chi connectivity index (χ0v) is 21.6. The minimum absolute atomic E-state index is 0.832. The second-order valence-corrected chi connectivity index (χ2v) is 10.6. The third-order valence-electron chi connectivity index (χ3n) is 6.03. The lowest BCUT2D eigenvalue weighted by Crippen LogP contribution is -2.46. The molecule has 0 N–H and O–H groups in total. The van der Waals surface area contributed by atoms with Crippen molar-refractivity contribution in [2.24, 2.45) is 10.2 Å². The number of aryl methyl sites for hydroxylation is 2. The van der Waals surface area contributed by atoms with Crippen LogP contribution < -0.4 is 18.7 Å². The highest BCUT2D eigenvalue weighted by Gasteiger charge is 2.25.